The molecule has 3 aromatic heterocycles. The van der Waals surface area contributed by atoms with Crippen molar-refractivity contribution in [2.24, 2.45) is 11.3 Å². The molecule has 1 aliphatic carbocycles. The summed E-state index contributed by atoms with van der Waals surface area (Å²) in [7, 11) is 0. The fourth-order valence-electron chi connectivity index (χ4n) is 4.17. The summed E-state index contributed by atoms with van der Waals surface area (Å²) in [5.41, 5.74) is 3.29. The number of aryl methyl sites for hydroxylation is 1. The molecule has 7 nitrogen and oxygen atoms in total. The van der Waals surface area contributed by atoms with Crippen molar-refractivity contribution >= 4 is 32.9 Å². The minimum Gasteiger partial charge on any atom is -0.258 e. The standard InChI is InChI=1S/C21H21N5O2S/c1-21(2,3)13-6-9-15-16(10-13)29-20-17(15)19-23-18(24-25(19)11-22-20)12-4-7-14(8-5-12)26(27)28/h4-5,7-8,11,13H,6,9-10H2,1-3H3/t13-/m0/s1. The summed E-state index contributed by atoms with van der Waals surface area (Å²) < 4.78 is 1.72. The molecular formula is C21H21N5O2S. The first kappa shape index (κ1) is 18.2. The lowest BCUT2D eigenvalue weighted by Gasteiger charge is -2.33. The molecule has 1 aromatic carbocycles. The monoisotopic (exact) mass is 407 g/mol. The van der Waals surface area contributed by atoms with E-state index in [1.807, 2.05) is 0 Å². The Kier molecular flexibility index (Phi) is 3.96. The number of nitrogens with zero attached hydrogens (tertiary/aromatic N) is 5. The van der Waals surface area contributed by atoms with Gasteiger partial charge in [-0.15, -0.1) is 16.4 Å². The highest BCUT2D eigenvalue weighted by atomic mass is 32.1. The fraction of sp³-hybridized carbons (Fsp3) is 0.381. The molecule has 29 heavy (non-hydrogen) atoms. The normalized spacial score (nSPS) is 17.0. The van der Waals surface area contributed by atoms with E-state index in [1.165, 1.54) is 29.0 Å². The first-order valence-corrected chi connectivity index (χ1v) is 10.5. The van der Waals surface area contributed by atoms with Crippen molar-refractivity contribution in [2.75, 3.05) is 0 Å². The molecule has 5 rings (SSSR count). The molecule has 0 spiro atoms. The zero-order chi connectivity index (χ0) is 20.3. The summed E-state index contributed by atoms with van der Waals surface area (Å²) in [6, 6.07) is 6.34. The molecule has 148 valence electrons. The Morgan fingerprint density at radius 3 is 2.69 bits per heavy atom. The molecule has 0 bridgehead atoms. The lowest BCUT2D eigenvalue weighted by molar-refractivity contribution is -0.384. The van der Waals surface area contributed by atoms with Crippen molar-refractivity contribution in [1.29, 1.82) is 0 Å². The van der Waals surface area contributed by atoms with Crippen LogP contribution in [0.15, 0.2) is 30.6 Å². The number of aromatic nitrogens is 4. The second kappa shape index (κ2) is 6.32. The van der Waals surface area contributed by atoms with Crippen molar-refractivity contribution in [2.45, 2.75) is 40.0 Å². The summed E-state index contributed by atoms with van der Waals surface area (Å²) in [4.78, 5) is 22.3. The maximum Gasteiger partial charge on any atom is 0.269 e. The number of nitro benzene ring substituents is 1. The Hall–Kier alpha value is -2.87. The van der Waals surface area contributed by atoms with Gasteiger partial charge in [-0.1, -0.05) is 20.8 Å². The zero-order valence-corrected chi connectivity index (χ0v) is 17.4. The van der Waals surface area contributed by atoms with E-state index in [0.29, 0.717) is 17.2 Å². The van der Waals surface area contributed by atoms with E-state index in [4.69, 9.17) is 4.98 Å². The van der Waals surface area contributed by atoms with Crippen LogP contribution in [-0.4, -0.2) is 24.5 Å². The number of nitro groups is 1. The number of hydrogen-bond acceptors (Lipinski definition) is 6. The number of fused-ring (bicyclic) bond motifs is 5. The number of rotatable bonds is 2. The highest BCUT2D eigenvalue weighted by Gasteiger charge is 2.31. The van der Waals surface area contributed by atoms with E-state index in [-0.39, 0.29) is 5.69 Å². The SMILES string of the molecule is CC(C)(C)[C@H]1CCc2c(sc3ncn4nc(-c5ccc([N+](=O)[O-])cc5)nc4c23)C1. The zero-order valence-electron chi connectivity index (χ0n) is 16.5. The van der Waals surface area contributed by atoms with Crippen LogP contribution in [0.4, 0.5) is 5.69 Å². The van der Waals surface area contributed by atoms with Crippen LogP contribution in [0.1, 0.15) is 37.6 Å². The first-order valence-electron chi connectivity index (χ1n) is 9.72. The highest BCUT2D eigenvalue weighted by Crippen LogP contribution is 2.43. The second-order valence-corrected chi connectivity index (χ2v) is 9.83. The predicted octanol–water partition coefficient (Wildman–Crippen LogP) is 5.07. The molecule has 8 heteroatoms. The summed E-state index contributed by atoms with van der Waals surface area (Å²) in [5.74, 6) is 1.23. The summed E-state index contributed by atoms with van der Waals surface area (Å²) >= 11 is 1.78. The van der Waals surface area contributed by atoms with Crippen LogP contribution < -0.4 is 0 Å². The maximum absolute atomic E-state index is 10.9. The van der Waals surface area contributed by atoms with E-state index >= 15 is 0 Å². The van der Waals surface area contributed by atoms with E-state index in [1.54, 1.807) is 34.3 Å². The summed E-state index contributed by atoms with van der Waals surface area (Å²) in [5, 5.41) is 16.6. The molecule has 0 saturated carbocycles. The molecule has 0 saturated heterocycles. The van der Waals surface area contributed by atoms with E-state index in [0.717, 1.165) is 34.3 Å². The molecule has 0 unspecified atom stereocenters. The van der Waals surface area contributed by atoms with Gasteiger partial charge in [-0.2, -0.15) is 0 Å². The van der Waals surface area contributed by atoms with Crippen molar-refractivity contribution in [3.63, 3.8) is 0 Å². The van der Waals surface area contributed by atoms with Crippen molar-refractivity contribution < 1.29 is 4.92 Å². The van der Waals surface area contributed by atoms with E-state index in [2.05, 4.69) is 30.9 Å². The Labute approximate surface area is 171 Å². The largest absolute Gasteiger partial charge is 0.269 e. The molecule has 0 radical (unpaired) electrons. The third-order valence-corrected chi connectivity index (χ3v) is 7.11. The maximum atomic E-state index is 10.9. The van der Waals surface area contributed by atoms with Crippen molar-refractivity contribution in [3.8, 4) is 11.4 Å². The topological polar surface area (TPSA) is 86.2 Å². The van der Waals surface area contributed by atoms with Gasteiger partial charge in [0.1, 0.15) is 11.2 Å². The number of thiophene rings is 1. The minimum absolute atomic E-state index is 0.0573. The van der Waals surface area contributed by atoms with Crippen LogP contribution in [0.2, 0.25) is 0 Å². The van der Waals surface area contributed by atoms with Gasteiger partial charge in [0.15, 0.2) is 11.5 Å². The molecule has 1 aliphatic rings. The second-order valence-electron chi connectivity index (χ2n) is 8.74. The molecule has 0 amide bonds. The minimum atomic E-state index is -0.406. The van der Waals surface area contributed by atoms with Gasteiger partial charge in [-0.3, -0.25) is 10.1 Å². The van der Waals surface area contributed by atoms with Gasteiger partial charge in [0.2, 0.25) is 0 Å². The van der Waals surface area contributed by atoms with Crippen molar-refractivity contribution in [1.82, 2.24) is 19.6 Å². The molecule has 3 heterocycles. The number of hydrogen-bond donors (Lipinski definition) is 0. The van der Waals surface area contributed by atoms with Crippen LogP contribution in [0.3, 0.4) is 0 Å². The van der Waals surface area contributed by atoms with Crippen LogP contribution >= 0.6 is 11.3 Å². The lowest BCUT2D eigenvalue weighted by Crippen LogP contribution is -2.26. The highest BCUT2D eigenvalue weighted by molar-refractivity contribution is 7.19. The number of non-ortho nitro benzene ring substituents is 1. The third kappa shape index (κ3) is 2.98. The van der Waals surface area contributed by atoms with Gasteiger partial charge in [0.05, 0.1) is 10.3 Å². The lowest BCUT2D eigenvalue weighted by atomic mass is 9.72. The molecule has 0 aliphatic heterocycles. The van der Waals surface area contributed by atoms with Gasteiger partial charge >= 0.3 is 0 Å². The molecule has 4 aromatic rings. The first-order chi connectivity index (χ1) is 13.8. The van der Waals surface area contributed by atoms with Crippen LogP contribution in [0.5, 0.6) is 0 Å². The van der Waals surface area contributed by atoms with E-state index in [9.17, 15) is 10.1 Å². The van der Waals surface area contributed by atoms with Gasteiger partial charge in [0, 0.05) is 22.6 Å². The number of benzene rings is 1. The van der Waals surface area contributed by atoms with Gasteiger partial charge in [-0.25, -0.2) is 14.5 Å². The van der Waals surface area contributed by atoms with Gasteiger partial charge in [0.25, 0.3) is 5.69 Å². The van der Waals surface area contributed by atoms with E-state index < -0.39 is 4.92 Å². The van der Waals surface area contributed by atoms with Gasteiger partial charge < -0.3 is 0 Å². The molecule has 0 N–H and O–H groups in total. The predicted molar refractivity (Wildman–Crippen MR) is 113 cm³/mol. The average molecular weight is 407 g/mol. The fourth-order valence-corrected chi connectivity index (χ4v) is 5.43. The van der Waals surface area contributed by atoms with Gasteiger partial charge in [-0.05, 0) is 48.3 Å². The van der Waals surface area contributed by atoms with Crippen molar-refractivity contribution in [3.05, 3.63) is 51.1 Å². The smallest absolute Gasteiger partial charge is 0.258 e. The molecule has 1 atom stereocenters. The summed E-state index contributed by atoms with van der Waals surface area (Å²) in [6.07, 6.45) is 5.02. The van der Waals surface area contributed by atoms with Crippen LogP contribution in [-0.2, 0) is 12.8 Å². The quantitative estimate of drug-likeness (QED) is 0.342. The van der Waals surface area contributed by atoms with Crippen LogP contribution in [0, 0.1) is 21.4 Å². The average Bonchev–Trinajstić information content (AvgIpc) is 3.27. The summed E-state index contributed by atoms with van der Waals surface area (Å²) in [6.45, 7) is 6.96. The Bertz CT molecular complexity index is 1250. The Balaban J connectivity index is 1.61. The molecular weight excluding hydrogens is 386 g/mol. The third-order valence-electron chi connectivity index (χ3n) is 5.95. The molecule has 0 fully saturated rings. The Morgan fingerprint density at radius 1 is 1.24 bits per heavy atom. The van der Waals surface area contributed by atoms with Crippen LogP contribution in [0.25, 0.3) is 27.3 Å². The Morgan fingerprint density at radius 2 is 2.00 bits per heavy atom.